The Kier molecular flexibility index (Phi) is 4.00. The van der Waals surface area contributed by atoms with Crippen LogP contribution in [0.5, 0.6) is 0 Å². The molecule has 3 heteroatoms. The number of aryl methyl sites for hydroxylation is 1. The monoisotopic (exact) mass is 223 g/mol. The number of nitrogens with two attached hydrogens (primary N) is 1. The summed E-state index contributed by atoms with van der Waals surface area (Å²) in [7, 11) is 0. The summed E-state index contributed by atoms with van der Waals surface area (Å²) in [6.45, 7) is 11.8. The van der Waals surface area contributed by atoms with Crippen LogP contribution in [0.4, 0.5) is 5.82 Å². The van der Waals surface area contributed by atoms with Crippen molar-refractivity contribution < 1.29 is 0 Å². The minimum atomic E-state index is 0.0332. The maximum Gasteiger partial charge on any atom is 0.127 e. The second kappa shape index (κ2) is 4.89. The van der Waals surface area contributed by atoms with Gasteiger partial charge in [0, 0.05) is 18.4 Å². The van der Waals surface area contributed by atoms with Crippen LogP contribution in [0.25, 0.3) is 0 Å². The molecule has 0 atom stereocenters. The van der Waals surface area contributed by atoms with Crippen molar-refractivity contribution in [2.75, 3.05) is 5.73 Å². The molecule has 0 aliphatic rings. The zero-order valence-corrected chi connectivity index (χ0v) is 11.3. The lowest BCUT2D eigenvalue weighted by Crippen LogP contribution is -2.15. The first-order valence-electron chi connectivity index (χ1n) is 6.27. The van der Waals surface area contributed by atoms with Crippen molar-refractivity contribution in [3.63, 3.8) is 0 Å². The van der Waals surface area contributed by atoms with E-state index < -0.39 is 0 Å². The number of hydrogen-bond acceptors (Lipinski definition) is 2. The average Bonchev–Trinajstić information content (AvgIpc) is 2.51. The van der Waals surface area contributed by atoms with Crippen LogP contribution in [0.2, 0.25) is 0 Å². The molecule has 92 valence electrons. The topological polar surface area (TPSA) is 43.8 Å². The fraction of sp³-hybridized carbons (Fsp3) is 0.769. The number of rotatable bonds is 4. The molecule has 0 fully saturated rings. The maximum atomic E-state index is 6.21. The first-order valence-corrected chi connectivity index (χ1v) is 6.27. The summed E-state index contributed by atoms with van der Waals surface area (Å²) in [5.74, 6) is 1.98. The number of hydrogen-bond donors (Lipinski definition) is 1. The largest absolute Gasteiger partial charge is 0.384 e. The highest BCUT2D eigenvalue weighted by atomic mass is 15.1. The average molecular weight is 223 g/mol. The van der Waals surface area contributed by atoms with Crippen molar-refractivity contribution >= 4 is 5.82 Å². The smallest absolute Gasteiger partial charge is 0.127 e. The summed E-state index contributed by atoms with van der Waals surface area (Å²) in [4.78, 5) is 4.69. The van der Waals surface area contributed by atoms with E-state index in [0.717, 1.165) is 36.7 Å². The quantitative estimate of drug-likeness (QED) is 0.852. The third kappa shape index (κ3) is 2.57. The first-order chi connectivity index (χ1) is 7.41. The number of anilines is 1. The molecule has 3 nitrogen and oxygen atoms in total. The summed E-state index contributed by atoms with van der Waals surface area (Å²) < 4.78 is 2.18. The summed E-state index contributed by atoms with van der Waals surface area (Å²) >= 11 is 0. The fourth-order valence-corrected chi connectivity index (χ4v) is 1.90. The van der Waals surface area contributed by atoms with Crippen molar-refractivity contribution in [1.82, 2.24) is 9.55 Å². The minimum Gasteiger partial charge on any atom is -0.384 e. The Labute approximate surface area is 99.1 Å². The van der Waals surface area contributed by atoms with E-state index >= 15 is 0 Å². The van der Waals surface area contributed by atoms with E-state index in [1.807, 2.05) is 0 Å². The number of unbranched alkanes of at least 4 members (excludes halogenated alkanes) is 1. The van der Waals surface area contributed by atoms with Gasteiger partial charge in [-0.1, -0.05) is 41.0 Å². The van der Waals surface area contributed by atoms with Crippen LogP contribution in [0.3, 0.4) is 0 Å². The lowest BCUT2D eigenvalue weighted by Gasteiger charge is -2.16. The maximum absolute atomic E-state index is 6.21. The summed E-state index contributed by atoms with van der Waals surface area (Å²) in [6, 6.07) is 0. The molecule has 0 aliphatic heterocycles. The molecular formula is C13H25N3. The zero-order chi connectivity index (χ0) is 12.3. The molecule has 0 radical (unpaired) electrons. The van der Waals surface area contributed by atoms with Crippen LogP contribution >= 0.6 is 0 Å². The molecule has 0 aliphatic carbocycles. The molecule has 0 unspecified atom stereocenters. The predicted octanol–water partition coefficient (Wildman–Crippen LogP) is 3.13. The highest BCUT2D eigenvalue weighted by Crippen LogP contribution is 2.28. The minimum absolute atomic E-state index is 0.0332. The van der Waals surface area contributed by atoms with E-state index in [-0.39, 0.29) is 5.41 Å². The van der Waals surface area contributed by atoms with Gasteiger partial charge in [0.25, 0.3) is 0 Å². The molecule has 0 saturated carbocycles. The van der Waals surface area contributed by atoms with Crippen molar-refractivity contribution in [2.45, 2.75) is 65.8 Å². The van der Waals surface area contributed by atoms with Crippen LogP contribution in [0, 0.1) is 0 Å². The molecule has 1 aromatic heterocycles. The van der Waals surface area contributed by atoms with Gasteiger partial charge in [0.05, 0.1) is 5.69 Å². The lowest BCUT2D eigenvalue weighted by molar-refractivity contribution is 0.572. The summed E-state index contributed by atoms with van der Waals surface area (Å²) in [5.41, 5.74) is 7.28. The fourth-order valence-electron chi connectivity index (χ4n) is 1.90. The van der Waals surface area contributed by atoms with Crippen LogP contribution in [0.15, 0.2) is 0 Å². The van der Waals surface area contributed by atoms with Gasteiger partial charge < -0.3 is 10.3 Å². The number of aromatic nitrogens is 2. The van der Waals surface area contributed by atoms with Crippen molar-refractivity contribution in [1.29, 1.82) is 0 Å². The van der Waals surface area contributed by atoms with E-state index in [9.17, 15) is 0 Å². The van der Waals surface area contributed by atoms with Crippen LogP contribution in [-0.4, -0.2) is 9.55 Å². The van der Waals surface area contributed by atoms with Crippen molar-refractivity contribution in [3.8, 4) is 0 Å². The third-order valence-corrected chi connectivity index (χ3v) is 2.85. The van der Waals surface area contributed by atoms with E-state index in [1.54, 1.807) is 0 Å². The molecule has 0 aromatic carbocycles. The van der Waals surface area contributed by atoms with Gasteiger partial charge in [0.1, 0.15) is 11.6 Å². The van der Waals surface area contributed by atoms with Gasteiger partial charge in [-0.2, -0.15) is 0 Å². The van der Waals surface area contributed by atoms with E-state index in [4.69, 9.17) is 10.7 Å². The van der Waals surface area contributed by atoms with E-state index in [0.29, 0.717) is 0 Å². The molecule has 2 N–H and O–H groups in total. The van der Waals surface area contributed by atoms with Crippen LogP contribution < -0.4 is 5.73 Å². The first kappa shape index (κ1) is 13.1. The molecule has 0 amide bonds. The highest BCUT2D eigenvalue weighted by molar-refractivity contribution is 5.42. The standard InChI is InChI=1S/C13H25N3/c1-6-8-9-16-10(7-2)15-11(12(16)14)13(3,4)5/h6-9,14H2,1-5H3. The van der Waals surface area contributed by atoms with Gasteiger partial charge in [0.2, 0.25) is 0 Å². The van der Waals surface area contributed by atoms with Gasteiger partial charge >= 0.3 is 0 Å². The molecular weight excluding hydrogens is 198 g/mol. The zero-order valence-electron chi connectivity index (χ0n) is 11.3. The van der Waals surface area contributed by atoms with Crippen LogP contribution in [0.1, 0.15) is 59.0 Å². The molecule has 0 saturated heterocycles. The van der Waals surface area contributed by atoms with E-state index in [1.165, 1.54) is 6.42 Å². The molecule has 0 spiro atoms. The van der Waals surface area contributed by atoms with Gasteiger partial charge in [-0.25, -0.2) is 4.98 Å². The normalized spacial score (nSPS) is 12.1. The van der Waals surface area contributed by atoms with Gasteiger partial charge in [-0.05, 0) is 6.42 Å². The van der Waals surface area contributed by atoms with E-state index in [2.05, 4.69) is 39.2 Å². The van der Waals surface area contributed by atoms with Crippen LogP contribution in [-0.2, 0) is 18.4 Å². The molecule has 0 bridgehead atoms. The Morgan fingerprint density at radius 1 is 1.25 bits per heavy atom. The van der Waals surface area contributed by atoms with Gasteiger partial charge in [-0.3, -0.25) is 0 Å². The lowest BCUT2D eigenvalue weighted by atomic mass is 9.92. The Morgan fingerprint density at radius 3 is 2.31 bits per heavy atom. The summed E-state index contributed by atoms with van der Waals surface area (Å²) in [6.07, 6.45) is 3.30. The van der Waals surface area contributed by atoms with Gasteiger partial charge in [0.15, 0.2) is 0 Å². The Hall–Kier alpha value is -0.990. The number of imidazole rings is 1. The molecule has 1 rings (SSSR count). The number of nitrogen functional groups attached to an aromatic ring is 1. The second-order valence-electron chi connectivity index (χ2n) is 5.37. The Balaban J connectivity index is 3.11. The molecule has 16 heavy (non-hydrogen) atoms. The Morgan fingerprint density at radius 2 is 1.88 bits per heavy atom. The third-order valence-electron chi connectivity index (χ3n) is 2.85. The van der Waals surface area contributed by atoms with Crippen molar-refractivity contribution in [2.24, 2.45) is 0 Å². The summed E-state index contributed by atoms with van der Waals surface area (Å²) in [5, 5.41) is 0. The molecule has 1 aromatic rings. The Bertz CT molecular complexity index is 345. The number of nitrogens with zero attached hydrogens (tertiary/aromatic N) is 2. The SMILES string of the molecule is CCCCn1c(CC)nc(C(C)(C)C)c1N. The second-order valence-corrected chi connectivity index (χ2v) is 5.37. The highest BCUT2D eigenvalue weighted by Gasteiger charge is 2.23. The van der Waals surface area contributed by atoms with Crippen molar-refractivity contribution in [3.05, 3.63) is 11.5 Å². The predicted molar refractivity (Wildman–Crippen MR) is 69.6 cm³/mol. The molecule has 1 heterocycles. The van der Waals surface area contributed by atoms with Gasteiger partial charge in [-0.15, -0.1) is 0 Å².